The molecule has 0 saturated carbocycles. The molecule has 0 saturated heterocycles. The van der Waals surface area contributed by atoms with Gasteiger partial charge in [0.15, 0.2) is 0 Å². The number of ether oxygens (including phenoxy) is 1. The molecule has 0 bridgehead atoms. The van der Waals surface area contributed by atoms with Gasteiger partial charge in [0.2, 0.25) is 0 Å². The van der Waals surface area contributed by atoms with E-state index in [-0.39, 0.29) is 5.92 Å². The van der Waals surface area contributed by atoms with Gasteiger partial charge in [-0.15, -0.1) is 0 Å². The van der Waals surface area contributed by atoms with E-state index in [0.29, 0.717) is 0 Å². The van der Waals surface area contributed by atoms with Gasteiger partial charge in [0.05, 0.1) is 5.92 Å². The fraction of sp³-hybridized carbons (Fsp3) is 0.706. The zero-order valence-electron chi connectivity index (χ0n) is 13.0. The third-order valence-electron chi connectivity index (χ3n) is 4.31. The summed E-state index contributed by atoms with van der Waals surface area (Å²) in [7, 11) is 1.71. The van der Waals surface area contributed by atoms with Gasteiger partial charge >= 0.3 is 0 Å². The van der Waals surface area contributed by atoms with E-state index in [1.165, 1.54) is 12.8 Å². The largest absolute Gasteiger partial charge is 0.369 e. The van der Waals surface area contributed by atoms with Crippen LogP contribution in [0.4, 0.5) is 0 Å². The monoisotopic (exact) mass is 264 g/mol. The van der Waals surface area contributed by atoms with E-state index in [1.807, 2.05) is 0 Å². The Balaban J connectivity index is 2.70. The first kappa shape index (κ1) is 16.2. The van der Waals surface area contributed by atoms with Gasteiger partial charge < -0.3 is 9.53 Å². The Morgan fingerprint density at radius 2 is 1.68 bits per heavy atom. The predicted molar refractivity (Wildman–Crippen MR) is 80.1 cm³/mol. The van der Waals surface area contributed by atoms with Crippen molar-refractivity contribution in [1.82, 2.24) is 0 Å². The van der Waals surface area contributed by atoms with Crippen molar-refractivity contribution in [3.05, 3.63) is 23.3 Å². The number of methoxy groups -OCH3 is 1. The van der Waals surface area contributed by atoms with Crippen LogP contribution in [0.1, 0.15) is 53.4 Å². The van der Waals surface area contributed by atoms with Crippen molar-refractivity contribution < 1.29 is 9.53 Å². The molecule has 0 heterocycles. The summed E-state index contributed by atoms with van der Waals surface area (Å²) < 4.78 is 5.79. The first-order valence-electron chi connectivity index (χ1n) is 7.35. The lowest BCUT2D eigenvalue weighted by molar-refractivity contribution is -0.118. The highest BCUT2D eigenvalue weighted by Gasteiger charge is 2.43. The SMILES string of the molecule is COC1(C(C=O)CCCCC(C)C)C(C)=CC=C1C. The maximum Gasteiger partial charge on any atom is 0.126 e. The lowest BCUT2D eigenvalue weighted by atomic mass is 9.77. The number of hydrogen-bond acceptors (Lipinski definition) is 2. The van der Waals surface area contributed by atoms with Crippen LogP contribution in [0.2, 0.25) is 0 Å². The highest BCUT2D eigenvalue weighted by atomic mass is 16.5. The number of allylic oxidation sites excluding steroid dienone is 2. The smallest absolute Gasteiger partial charge is 0.126 e. The van der Waals surface area contributed by atoms with Crippen LogP contribution in [-0.2, 0) is 9.53 Å². The maximum atomic E-state index is 11.5. The molecule has 1 rings (SSSR count). The molecule has 0 fully saturated rings. The van der Waals surface area contributed by atoms with Crippen molar-refractivity contribution in [2.45, 2.75) is 59.0 Å². The average molecular weight is 264 g/mol. The van der Waals surface area contributed by atoms with Crippen LogP contribution >= 0.6 is 0 Å². The normalized spacial score (nSPS) is 19.3. The second kappa shape index (κ2) is 7.04. The van der Waals surface area contributed by atoms with Crippen LogP contribution in [-0.4, -0.2) is 19.0 Å². The molecule has 0 aromatic carbocycles. The Hall–Kier alpha value is -0.890. The minimum absolute atomic E-state index is 0.0698. The highest BCUT2D eigenvalue weighted by Crippen LogP contribution is 2.41. The van der Waals surface area contributed by atoms with Crippen molar-refractivity contribution in [2.24, 2.45) is 11.8 Å². The molecule has 0 aromatic heterocycles. The topological polar surface area (TPSA) is 26.3 Å². The lowest BCUT2D eigenvalue weighted by Gasteiger charge is -2.37. The van der Waals surface area contributed by atoms with E-state index >= 15 is 0 Å². The first-order valence-corrected chi connectivity index (χ1v) is 7.35. The van der Waals surface area contributed by atoms with Crippen molar-refractivity contribution in [3.8, 4) is 0 Å². The van der Waals surface area contributed by atoms with Crippen molar-refractivity contribution in [3.63, 3.8) is 0 Å². The molecule has 0 radical (unpaired) electrons. The Bertz CT molecular complexity index is 345. The predicted octanol–water partition coefficient (Wildman–Crippen LogP) is 4.31. The molecule has 0 spiro atoms. The van der Waals surface area contributed by atoms with Crippen LogP contribution in [0.15, 0.2) is 23.3 Å². The molecule has 0 aliphatic heterocycles. The number of carbonyl (C=O) groups is 1. The fourth-order valence-corrected chi connectivity index (χ4v) is 3.15. The van der Waals surface area contributed by atoms with Gasteiger partial charge in [-0.2, -0.15) is 0 Å². The standard InChI is InChI=1S/C17H28O2/c1-13(2)8-6-7-9-16(12-18)17(19-5)14(3)10-11-15(17)4/h10-13,16H,6-9H2,1-5H3. The Morgan fingerprint density at radius 3 is 2.11 bits per heavy atom. The first-order chi connectivity index (χ1) is 8.98. The van der Waals surface area contributed by atoms with Crippen molar-refractivity contribution in [2.75, 3.05) is 7.11 Å². The molecule has 1 unspecified atom stereocenters. The van der Waals surface area contributed by atoms with Gasteiger partial charge in [-0.25, -0.2) is 0 Å². The van der Waals surface area contributed by atoms with Gasteiger partial charge in [-0.05, 0) is 37.3 Å². The average Bonchev–Trinajstić information content (AvgIpc) is 2.66. The lowest BCUT2D eigenvalue weighted by Crippen LogP contribution is -2.42. The van der Waals surface area contributed by atoms with E-state index in [0.717, 1.165) is 36.2 Å². The van der Waals surface area contributed by atoms with Gasteiger partial charge in [0.25, 0.3) is 0 Å². The Kier molecular flexibility index (Phi) is 5.99. The quantitative estimate of drug-likeness (QED) is 0.482. The highest BCUT2D eigenvalue weighted by molar-refractivity contribution is 5.62. The van der Waals surface area contributed by atoms with Crippen molar-refractivity contribution >= 4 is 6.29 Å². The number of unbranched alkanes of at least 4 members (excludes halogenated alkanes) is 1. The van der Waals surface area contributed by atoms with Crippen LogP contribution < -0.4 is 0 Å². The Morgan fingerprint density at radius 1 is 1.16 bits per heavy atom. The molecule has 19 heavy (non-hydrogen) atoms. The van der Waals surface area contributed by atoms with Crippen molar-refractivity contribution in [1.29, 1.82) is 0 Å². The van der Waals surface area contributed by atoms with E-state index < -0.39 is 5.60 Å². The van der Waals surface area contributed by atoms with Gasteiger partial charge in [-0.3, -0.25) is 0 Å². The fourth-order valence-electron chi connectivity index (χ4n) is 3.15. The summed E-state index contributed by atoms with van der Waals surface area (Å²) in [6.45, 7) is 8.59. The molecule has 2 heteroatoms. The second-order valence-electron chi connectivity index (χ2n) is 6.06. The number of hydrogen-bond donors (Lipinski definition) is 0. The summed E-state index contributed by atoms with van der Waals surface area (Å²) in [5.41, 5.74) is 1.81. The third-order valence-corrected chi connectivity index (χ3v) is 4.31. The summed E-state index contributed by atoms with van der Waals surface area (Å²) in [4.78, 5) is 11.5. The zero-order valence-corrected chi connectivity index (χ0v) is 13.0. The van der Waals surface area contributed by atoms with Crippen LogP contribution in [0.3, 0.4) is 0 Å². The number of rotatable bonds is 8. The molecule has 1 atom stereocenters. The molecular weight excluding hydrogens is 236 g/mol. The summed E-state index contributed by atoms with van der Waals surface area (Å²) in [5.74, 6) is 0.667. The van der Waals surface area contributed by atoms with E-state index in [1.54, 1.807) is 7.11 Å². The minimum atomic E-state index is -0.487. The van der Waals surface area contributed by atoms with Gasteiger partial charge in [-0.1, -0.05) is 45.3 Å². The van der Waals surface area contributed by atoms with Crippen LogP contribution in [0.5, 0.6) is 0 Å². The molecule has 0 N–H and O–H groups in total. The summed E-state index contributed by atoms with van der Waals surface area (Å²) in [6.07, 6.45) is 9.64. The molecule has 1 aliphatic rings. The molecule has 1 aliphatic carbocycles. The molecule has 0 aromatic rings. The molecule has 0 amide bonds. The molecular formula is C17H28O2. The number of aldehydes is 1. The maximum absolute atomic E-state index is 11.5. The van der Waals surface area contributed by atoms with E-state index in [2.05, 4.69) is 39.8 Å². The van der Waals surface area contributed by atoms with Crippen LogP contribution in [0, 0.1) is 11.8 Å². The van der Waals surface area contributed by atoms with Gasteiger partial charge in [0.1, 0.15) is 11.9 Å². The molecule has 108 valence electrons. The third kappa shape index (κ3) is 3.36. The van der Waals surface area contributed by atoms with E-state index in [9.17, 15) is 4.79 Å². The molecule has 2 nitrogen and oxygen atoms in total. The summed E-state index contributed by atoms with van der Waals surface area (Å²) >= 11 is 0. The second-order valence-corrected chi connectivity index (χ2v) is 6.06. The summed E-state index contributed by atoms with van der Waals surface area (Å²) in [5, 5.41) is 0. The Labute approximate surface area is 117 Å². The zero-order chi connectivity index (χ0) is 14.5. The van der Waals surface area contributed by atoms with Gasteiger partial charge in [0, 0.05) is 7.11 Å². The van der Waals surface area contributed by atoms with Crippen LogP contribution in [0.25, 0.3) is 0 Å². The summed E-state index contributed by atoms with van der Waals surface area (Å²) in [6, 6.07) is 0. The van der Waals surface area contributed by atoms with E-state index in [4.69, 9.17) is 4.74 Å². The number of carbonyl (C=O) groups excluding carboxylic acids is 1. The minimum Gasteiger partial charge on any atom is -0.369 e.